The maximum Gasteiger partial charge on any atom is 0.261 e. The molecule has 1 aromatic carbocycles. The Labute approximate surface area is 115 Å². The van der Waals surface area contributed by atoms with Crippen LogP contribution in [0.5, 0.6) is 0 Å². The maximum atomic E-state index is 12.2. The number of carbonyl (C=O) groups is 1. The molecule has 1 aliphatic rings. The van der Waals surface area contributed by atoms with Gasteiger partial charge in [0, 0.05) is 0 Å². The second kappa shape index (κ2) is 5.15. The number of hydrogen-bond donors (Lipinski definition) is 2. The van der Waals surface area contributed by atoms with Gasteiger partial charge in [-0.05, 0) is 25.1 Å². The number of ketones is 1. The monoisotopic (exact) mass is 273 g/mol. The van der Waals surface area contributed by atoms with Crippen molar-refractivity contribution in [1.82, 2.24) is 14.9 Å². The zero-order valence-corrected chi connectivity index (χ0v) is 10.8. The minimum absolute atomic E-state index is 0.0780. The Kier molecular flexibility index (Phi) is 3.33. The third-order valence-corrected chi connectivity index (χ3v) is 3.59. The third kappa shape index (κ3) is 2.23. The van der Waals surface area contributed by atoms with E-state index in [0.29, 0.717) is 23.9 Å². The summed E-state index contributed by atoms with van der Waals surface area (Å²) < 4.78 is 1.29. The fourth-order valence-corrected chi connectivity index (χ4v) is 2.50. The molecule has 1 aliphatic heterocycles. The van der Waals surface area contributed by atoms with Crippen LogP contribution in [0, 0.1) is 0 Å². The van der Waals surface area contributed by atoms with Crippen LogP contribution in [-0.4, -0.2) is 39.1 Å². The summed E-state index contributed by atoms with van der Waals surface area (Å²) in [5.41, 5.74) is 0.372. The average molecular weight is 273 g/mol. The number of fused-ring (bicyclic) bond motifs is 1. The molecule has 6 nitrogen and oxygen atoms in total. The lowest BCUT2D eigenvalue weighted by molar-refractivity contribution is -0.123. The Morgan fingerprint density at radius 2 is 2.25 bits per heavy atom. The second-order valence-corrected chi connectivity index (χ2v) is 4.95. The molecule has 20 heavy (non-hydrogen) atoms. The highest BCUT2D eigenvalue weighted by Gasteiger charge is 2.30. The van der Waals surface area contributed by atoms with Crippen molar-refractivity contribution < 1.29 is 9.90 Å². The molecule has 0 saturated carbocycles. The van der Waals surface area contributed by atoms with E-state index in [-0.39, 0.29) is 17.9 Å². The molecule has 1 aromatic heterocycles. The number of aliphatic hydroxyl groups is 1. The Morgan fingerprint density at radius 1 is 1.45 bits per heavy atom. The molecule has 0 aliphatic carbocycles. The summed E-state index contributed by atoms with van der Waals surface area (Å²) in [6.07, 6.45) is 1.26. The van der Waals surface area contributed by atoms with Gasteiger partial charge >= 0.3 is 0 Å². The van der Waals surface area contributed by atoms with Crippen molar-refractivity contribution in [1.29, 1.82) is 0 Å². The van der Waals surface area contributed by atoms with Gasteiger partial charge in [-0.15, -0.1) is 0 Å². The van der Waals surface area contributed by atoms with Gasteiger partial charge in [0.25, 0.3) is 5.56 Å². The van der Waals surface area contributed by atoms with E-state index < -0.39 is 12.1 Å². The van der Waals surface area contributed by atoms with Gasteiger partial charge in [-0.1, -0.05) is 12.1 Å². The Bertz CT molecular complexity index is 710. The highest BCUT2D eigenvalue weighted by molar-refractivity contribution is 5.85. The summed E-state index contributed by atoms with van der Waals surface area (Å²) in [7, 11) is 0. The summed E-state index contributed by atoms with van der Waals surface area (Å²) in [6.45, 7) is 0.536. The van der Waals surface area contributed by atoms with E-state index in [2.05, 4.69) is 10.3 Å². The number of nitrogens with zero attached hydrogens (tertiary/aromatic N) is 2. The molecule has 2 heterocycles. The van der Waals surface area contributed by atoms with Gasteiger partial charge in [0.15, 0.2) is 5.78 Å². The van der Waals surface area contributed by atoms with Gasteiger partial charge in [0.05, 0.1) is 35.9 Å². The number of nitrogens with one attached hydrogen (secondary N) is 1. The van der Waals surface area contributed by atoms with Crippen molar-refractivity contribution in [2.75, 3.05) is 6.54 Å². The molecule has 0 spiro atoms. The maximum absolute atomic E-state index is 12.2. The van der Waals surface area contributed by atoms with Crippen LogP contribution in [0.25, 0.3) is 10.9 Å². The van der Waals surface area contributed by atoms with Gasteiger partial charge < -0.3 is 10.4 Å². The Morgan fingerprint density at radius 3 is 3.00 bits per heavy atom. The lowest BCUT2D eigenvalue weighted by atomic mass is 10.1. The largest absolute Gasteiger partial charge is 0.391 e. The first-order chi connectivity index (χ1) is 9.66. The normalized spacial score (nSPS) is 22.2. The highest BCUT2D eigenvalue weighted by atomic mass is 16.3. The molecule has 0 bridgehead atoms. The van der Waals surface area contributed by atoms with Crippen molar-refractivity contribution in [2.24, 2.45) is 0 Å². The van der Waals surface area contributed by atoms with Crippen LogP contribution in [-0.2, 0) is 11.3 Å². The number of rotatable bonds is 3. The summed E-state index contributed by atoms with van der Waals surface area (Å²) in [5.74, 6) is -0.200. The standard InChI is InChI=1S/C14H15N3O3/c18-11-5-6-15-13(11)12(19)7-17-8-16-10-4-2-1-3-9(10)14(17)20/h1-4,8,11,13,15,18H,5-7H2/t11-,13-/m0/s1. The topological polar surface area (TPSA) is 84.2 Å². The van der Waals surface area contributed by atoms with Crippen LogP contribution < -0.4 is 10.9 Å². The summed E-state index contributed by atoms with van der Waals surface area (Å²) in [4.78, 5) is 28.5. The smallest absolute Gasteiger partial charge is 0.261 e. The molecule has 2 atom stereocenters. The zero-order valence-electron chi connectivity index (χ0n) is 10.8. The number of carbonyl (C=O) groups excluding carboxylic acids is 1. The molecule has 6 heteroatoms. The van der Waals surface area contributed by atoms with Crippen molar-refractivity contribution in [3.05, 3.63) is 40.9 Å². The predicted octanol–water partition coefficient (Wildman–Crippen LogP) is -0.312. The molecule has 2 aromatic rings. The highest BCUT2D eigenvalue weighted by Crippen LogP contribution is 2.09. The fourth-order valence-electron chi connectivity index (χ4n) is 2.50. The molecular weight excluding hydrogens is 258 g/mol. The van der Waals surface area contributed by atoms with Crippen molar-refractivity contribution in [3.8, 4) is 0 Å². The van der Waals surface area contributed by atoms with Crippen molar-refractivity contribution >= 4 is 16.7 Å². The van der Waals surface area contributed by atoms with Crippen LogP contribution in [0.1, 0.15) is 6.42 Å². The molecule has 0 radical (unpaired) electrons. The third-order valence-electron chi connectivity index (χ3n) is 3.59. The molecule has 2 N–H and O–H groups in total. The first kappa shape index (κ1) is 13.0. The van der Waals surface area contributed by atoms with E-state index in [4.69, 9.17) is 0 Å². The first-order valence-corrected chi connectivity index (χ1v) is 6.55. The van der Waals surface area contributed by atoms with E-state index in [1.807, 2.05) is 6.07 Å². The van der Waals surface area contributed by atoms with E-state index in [1.165, 1.54) is 10.9 Å². The van der Waals surface area contributed by atoms with Gasteiger partial charge in [-0.25, -0.2) is 4.98 Å². The summed E-state index contributed by atoms with van der Waals surface area (Å²) >= 11 is 0. The van der Waals surface area contributed by atoms with E-state index in [9.17, 15) is 14.7 Å². The fraction of sp³-hybridized carbons (Fsp3) is 0.357. The first-order valence-electron chi connectivity index (χ1n) is 6.55. The zero-order chi connectivity index (χ0) is 14.1. The lowest BCUT2D eigenvalue weighted by Gasteiger charge is -2.14. The quantitative estimate of drug-likeness (QED) is 0.801. The molecule has 1 saturated heterocycles. The average Bonchev–Trinajstić information content (AvgIpc) is 2.88. The number of benzene rings is 1. The van der Waals surface area contributed by atoms with Crippen LogP contribution in [0.3, 0.4) is 0 Å². The van der Waals surface area contributed by atoms with E-state index >= 15 is 0 Å². The summed E-state index contributed by atoms with van der Waals surface area (Å²) in [6, 6.07) is 6.43. The molecule has 0 unspecified atom stereocenters. The minimum Gasteiger partial charge on any atom is -0.391 e. The van der Waals surface area contributed by atoms with E-state index in [1.54, 1.807) is 18.2 Å². The van der Waals surface area contributed by atoms with Crippen LogP contribution in [0.2, 0.25) is 0 Å². The van der Waals surface area contributed by atoms with Gasteiger partial charge in [0.1, 0.15) is 0 Å². The number of hydrogen-bond acceptors (Lipinski definition) is 5. The second-order valence-electron chi connectivity index (χ2n) is 4.95. The van der Waals surface area contributed by atoms with E-state index in [0.717, 1.165) is 0 Å². The van der Waals surface area contributed by atoms with Crippen molar-refractivity contribution in [2.45, 2.75) is 25.1 Å². The van der Waals surface area contributed by atoms with Crippen LogP contribution in [0.15, 0.2) is 35.4 Å². The molecule has 0 amide bonds. The molecule has 104 valence electrons. The molecule has 3 rings (SSSR count). The number of aromatic nitrogens is 2. The number of Topliss-reactive ketones (excluding diaryl/α,β-unsaturated/α-hetero) is 1. The summed E-state index contributed by atoms with van der Waals surface area (Å²) in [5, 5.41) is 13.1. The van der Waals surface area contributed by atoms with Gasteiger partial charge in [0.2, 0.25) is 0 Å². The number of aliphatic hydroxyl groups excluding tert-OH is 1. The van der Waals surface area contributed by atoms with Crippen LogP contribution in [0.4, 0.5) is 0 Å². The SMILES string of the molecule is O=C(Cn1cnc2ccccc2c1=O)[C@H]1NCC[C@@H]1O. The molecule has 1 fully saturated rings. The van der Waals surface area contributed by atoms with Gasteiger partial charge in [-0.3, -0.25) is 14.2 Å². The van der Waals surface area contributed by atoms with Crippen LogP contribution >= 0.6 is 0 Å². The Hall–Kier alpha value is -2.05. The predicted molar refractivity (Wildman–Crippen MR) is 73.4 cm³/mol. The van der Waals surface area contributed by atoms with Gasteiger partial charge in [-0.2, -0.15) is 0 Å². The molecular formula is C14H15N3O3. The van der Waals surface area contributed by atoms with Crippen molar-refractivity contribution in [3.63, 3.8) is 0 Å². The lowest BCUT2D eigenvalue weighted by Crippen LogP contribution is -2.41. The Balaban J connectivity index is 1.89. The minimum atomic E-state index is -0.674. The number of para-hydroxylation sites is 1.